The van der Waals surface area contributed by atoms with Gasteiger partial charge in [0.15, 0.2) is 0 Å². The highest BCUT2D eigenvalue weighted by Gasteiger charge is 2.23. The van der Waals surface area contributed by atoms with Crippen molar-refractivity contribution in [3.63, 3.8) is 0 Å². The molecule has 0 radical (unpaired) electrons. The minimum atomic E-state index is -0.526. The van der Waals surface area contributed by atoms with E-state index in [4.69, 9.17) is 9.47 Å². The van der Waals surface area contributed by atoms with Crippen molar-refractivity contribution in [2.45, 2.75) is 18.9 Å². The zero-order chi connectivity index (χ0) is 21.5. The number of hydrogen-bond acceptors (Lipinski definition) is 5. The molecule has 1 fully saturated rings. The molecule has 2 N–H and O–H groups in total. The summed E-state index contributed by atoms with van der Waals surface area (Å²) in [6.45, 7) is 2.09. The number of aromatic nitrogens is 2. The van der Waals surface area contributed by atoms with E-state index >= 15 is 0 Å². The average molecular weight is 419 g/mol. The Balaban J connectivity index is 1.60. The Hall–Kier alpha value is -3.29. The first kappa shape index (κ1) is 21.0. The van der Waals surface area contributed by atoms with Crippen molar-refractivity contribution in [1.82, 2.24) is 15.5 Å². The normalized spacial score (nSPS) is 14.3. The fourth-order valence-electron chi connectivity index (χ4n) is 3.68. The average Bonchev–Trinajstić information content (AvgIpc) is 2.83. The van der Waals surface area contributed by atoms with Crippen LogP contribution in [0, 0.1) is 0 Å². The Labute approximate surface area is 180 Å². The van der Waals surface area contributed by atoms with Gasteiger partial charge in [-0.1, -0.05) is 60.7 Å². The van der Waals surface area contributed by atoms with Crippen molar-refractivity contribution in [3.8, 4) is 22.4 Å². The summed E-state index contributed by atoms with van der Waals surface area (Å²) in [5.74, 6) is -0.449. The van der Waals surface area contributed by atoms with Crippen LogP contribution in [0.5, 0.6) is 0 Å². The summed E-state index contributed by atoms with van der Waals surface area (Å²) in [4.78, 5) is 25.8. The molecule has 0 atom stereocenters. The highest BCUT2D eigenvalue weighted by atomic mass is 16.5. The first-order valence-corrected chi connectivity index (χ1v) is 10.4. The Morgan fingerprint density at radius 1 is 1.03 bits per heavy atom. The first-order valence-electron chi connectivity index (χ1n) is 10.4. The van der Waals surface area contributed by atoms with Gasteiger partial charge < -0.3 is 14.8 Å². The summed E-state index contributed by atoms with van der Waals surface area (Å²) in [5.41, 5.74) is 2.15. The van der Waals surface area contributed by atoms with Gasteiger partial charge in [0.25, 0.3) is 11.5 Å². The number of carbonyl (C=O) groups is 1. The molecule has 3 aromatic rings. The van der Waals surface area contributed by atoms with Crippen molar-refractivity contribution in [3.05, 3.63) is 76.6 Å². The third-order valence-corrected chi connectivity index (χ3v) is 5.23. The van der Waals surface area contributed by atoms with E-state index in [0.29, 0.717) is 37.6 Å². The number of nitrogens with zero attached hydrogens (tertiary/aromatic N) is 1. The molecule has 7 heteroatoms. The molecule has 0 spiro atoms. The molecule has 160 valence electrons. The molecule has 1 aromatic heterocycles. The van der Waals surface area contributed by atoms with Gasteiger partial charge in [0.05, 0.1) is 18.4 Å². The SMILES string of the molecule is O=C(NCCOC1CCOCC1)c1c(-c2ccccc2)c(-c2ccccc2)n[nH]c1=O. The molecular formula is C24H25N3O4. The van der Waals surface area contributed by atoms with Gasteiger partial charge in [-0.25, -0.2) is 5.10 Å². The summed E-state index contributed by atoms with van der Waals surface area (Å²) < 4.78 is 11.1. The minimum Gasteiger partial charge on any atom is -0.381 e. The van der Waals surface area contributed by atoms with E-state index in [2.05, 4.69) is 15.5 Å². The van der Waals surface area contributed by atoms with Crippen molar-refractivity contribution in [2.24, 2.45) is 0 Å². The molecule has 2 aromatic carbocycles. The lowest BCUT2D eigenvalue weighted by Crippen LogP contribution is -2.34. The zero-order valence-electron chi connectivity index (χ0n) is 17.2. The van der Waals surface area contributed by atoms with E-state index in [1.165, 1.54) is 0 Å². The maximum Gasteiger partial charge on any atom is 0.277 e. The first-order chi connectivity index (χ1) is 15.2. The van der Waals surface area contributed by atoms with Crippen LogP contribution in [-0.2, 0) is 9.47 Å². The van der Waals surface area contributed by atoms with Crippen LogP contribution in [0.2, 0.25) is 0 Å². The van der Waals surface area contributed by atoms with Crippen molar-refractivity contribution in [2.75, 3.05) is 26.4 Å². The predicted molar refractivity (Wildman–Crippen MR) is 118 cm³/mol. The van der Waals surface area contributed by atoms with Gasteiger partial charge in [0.2, 0.25) is 0 Å². The maximum atomic E-state index is 13.1. The van der Waals surface area contributed by atoms with Gasteiger partial charge in [-0.05, 0) is 18.4 Å². The highest BCUT2D eigenvalue weighted by Crippen LogP contribution is 2.31. The lowest BCUT2D eigenvalue weighted by Gasteiger charge is -2.22. The van der Waals surface area contributed by atoms with E-state index in [-0.39, 0.29) is 11.7 Å². The second-order valence-corrected chi connectivity index (χ2v) is 7.32. The molecule has 2 heterocycles. The summed E-state index contributed by atoms with van der Waals surface area (Å²) in [5, 5.41) is 9.59. The number of benzene rings is 2. The quantitative estimate of drug-likeness (QED) is 0.574. The lowest BCUT2D eigenvalue weighted by molar-refractivity contribution is -0.0302. The molecule has 7 nitrogen and oxygen atoms in total. The zero-order valence-corrected chi connectivity index (χ0v) is 17.2. The molecule has 1 amide bonds. The van der Waals surface area contributed by atoms with Crippen molar-refractivity contribution in [1.29, 1.82) is 0 Å². The summed E-state index contributed by atoms with van der Waals surface area (Å²) in [6.07, 6.45) is 1.87. The predicted octanol–water partition coefficient (Wildman–Crippen LogP) is 3.03. The van der Waals surface area contributed by atoms with Crippen LogP contribution in [0.4, 0.5) is 0 Å². The molecule has 1 aliphatic heterocycles. The monoisotopic (exact) mass is 419 g/mol. The van der Waals surface area contributed by atoms with Gasteiger partial charge in [-0.15, -0.1) is 0 Å². The second-order valence-electron chi connectivity index (χ2n) is 7.32. The van der Waals surface area contributed by atoms with Gasteiger partial charge in [-0.2, -0.15) is 5.10 Å². The van der Waals surface area contributed by atoms with Crippen LogP contribution >= 0.6 is 0 Å². The molecule has 4 rings (SSSR count). The van der Waals surface area contributed by atoms with Crippen LogP contribution in [0.15, 0.2) is 65.5 Å². The van der Waals surface area contributed by atoms with Crippen LogP contribution in [0.25, 0.3) is 22.4 Å². The van der Waals surface area contributed by atoms with Gasteiger partial charge >= 0.3 is 0 Å². The van der Waals surface area contributed by atoms with E-state index in [1.54, 1.807) is 0 Å². The topological polar surface area (TPSA) is 93.3 Å². The molecule has 31 heavy (non-hydrogen) atoms. The molecule has 1 saturated heterocycles. The van der Waals surface area contributed by atoms with Crippen molar-refractivity contribution < 1.29 is 14.3 Å². The number of nitrogens with one attached hydrogen (secondary N) is 2. The molecule has 0 saturated carbocycles. The number of ether oxygens (including phenoxy) is 2. The Kier molecular flexibility index (Phi) is 6.86. The summed E-state index contributed by atoms with van der Waals surface area (Å²) in [7, 11) is 0. The fraction of sp³-hybridized carbons (Fsp3) is 0.292. The summed E-state index contributed by atoms with van der Waals surface area (Å²) >= 11 is 0. The van der Waals surface area contributed by atoms with Crippen LogP contribution in [0.1, 0.15) is 23.2 Å². The fourth-order valence-corrected chi connectivity index (χ4v) is 3.68. The molecule has 0 bridgehead atoms. The van der Waals surface area contributed by atoms with E-state index < -0.39 is 11.5 Å². The minimum absolute atomic E-state index is 0.0473. The third kappa shape index (κ3) is 5.07. The highest BCUT2D eigenvalue weighted by molar-refractivity contribution is 6.03. The van der Waals surface area contributed by atoms with Crippen molar-refractivity contribution >= 4 is 5.91 Å². The Morgan fingerprint density at radius 2 is 1.68 bits per heavy atom. The number of rotatable bonds is 7. The second kappa shape index (κ2) is 10.1. The van der Waals surface area contributed by atoms with E-state index in [1.807, 2.05) is 60.7 Å². The Bertz CT molecular complexity index is 1060. The number of H-pyrrole nitrogens is 1. The largest absolute Gasteiger partial charge is 0.381 e. The maximum absolute atomic E-state index is 13.1. The van der Waals surface area contributed by atoms with Gasteiger partial charge in [0.1, 0.15) is 5.56 Å². The lowest BCUT2D eigenvalue weighted by atomic mass is 9.95. The van der Waals surface area contributed by atoms with Crippen LogP contribution in [-0.4, -0.2) is 48.6 Å². The number of carbonyl (C=O) groups excluding carboxylic acids is 1. The molecular weight excluding hydrogens is 394 g/mol. The van der Waals surface area contributed by atoms with Gasteiger partial charge in [-0.3, -0.25) is 9.59 Å². The van der Waals surface area contributed by atoms with Gasteiger partial charge in [0, 0.05) is 30.9 Å². The molecule has 0 unspecified atom stereocenters. The number of aromatic amines is 1. The summed E-state index contributed by atoms with van der Waals surface area (Å²) in [6, 6.07) is 18.9. The molecule has 1 aliphatic rings. The van der Waals surface area contributed by atoms with E-state index in [0.717, 1.165) is 24.0 Å². The number of hydrogen-bond donors (Lipinski definition) is 2. The van der Waals surface area contributed by atoms with E-state index in [9.17, 15) is 9.59 Å². The van der Waals surface area contributed by atoms with Crippen LogP contribution < -0.4 is 10.9 Å². The molecule has 0 aliphatic carbocycles. The standard InChI is InChI=1S/C24H25N3O4/c28-23(25-13-16-31-19-11-14-30-15-12-19)21-20(17-7-3-1-4-8-17)22(26-27-24(21)29)18-9-5-2-6-10-18/h1-10,19H,11-16H2,(H,25,28)(H,27,29). The Morgan fingerprint density at radius 3 is 2.35 bits per heavy atom. The van der Waals surface area contributed by atoms with Crippen LogP contribution in [0.3, 0.4) is 0 Å². The smallest absolute Gasteiger partial charge is 0.277 e. The number of amides is 1. The third-order valence-electron chi connectivity index (χ3n) is 5.23.